The molecule has 1 aliphatic carbocycles. The predicted octanol–water partition coefficient (Wildman–Crippen LogP) is 6.89. The molecule has 1 heterocycles. The van der Waals surface area contributed by atoms with E-state index in [1.165, 1.54) is 6.07 Å². The molecule has 0 bridgehead atoms. The lowest BCUT2D eigenvalue weighted by molar-refractivity contribution is -0.136. The summed E-state index contributed by atoms with van der Waals surface area (Å²) >= 11 is 6.20. The zero-order valence-corrected chi connectivity index (χ0v) is 17.9. The van der Waals surface area contributed by atoms with Crippen molar-refractivity contribution in [2.45, 2.75) is 58.8 Å². The van der Waals surface area contributed by atoms with Gasteiger partial charge in [-0.25, -0.2) is 4.39 Å². The van der Waals surface area contributed by atoms with Crippen molar-refractivity contribution in [2.75, 3.05) is 16.8 Å². The fourth-order valence-electron chi connectivity index (χ4n) is 3.72. The molecule has 164 valence electrons. The minimum absolute atomic E-state index is 0.0557. The number of carbonyl (C=O) groups excluding carboxylic acids is 1. The topological polar surface area (TPSA) is 32.3 Å². The molecular formula is C22H25ClF4N2O. The van der Waals surface area contributed by atoms with Gasteiger partial charge >= 0.3 is 6.18 Å². The molecule has 3 rings (SSSR count). The number of carbonyl (C=O) groups is 1. The van der Waals surface area contributed by atoms with Crippen LogP contribution in [0.25, 0.3) is 0 Å². The average Bonchev–Trinajstić information content (AvgIpc) is 2.60. The number of benzene rings is 1. The van der Waals surface area contributed by atoms with Gasteiger partial charge in [0.2, 0.25) is 5.91 Å². The van der Waals surface area contributed by atoms with Crippen LogP contribution < -0.4 is 10.2 Å². The van der Waals surface area contributed by atoms with E-state index in [9.17, 15) is 22.4 Å². The van der Waals surface area contributed by atoms with Gasteiger partial charge in [0.25, 0.3) is 0 Å². The van der Waals surface area contributed by atoms with Crippen molar-refractivity contribution < 1.29 is 22.4 Å². The fourth-order valence-corrected chi connectivity index (χ4v) is 3.98. The number of hydrogen-bond donors (Lipinski definition) is 1. The number of halogens is 5. The summed E-state index contributed by atoms with van der Waals surface area (Å²) in [6, 6.07) is 2.39. The number of fused-ring (bicyclic) bond motifs is 1. The Hall–Kier alpha value is -2.02. The lowest BCUT2D eigenvalue weighted by Gasteiger charge is -2.32. The highest BCUT2D eigenvalue weighted by Gasteiger charge is 2.36. The van der Waals surface area contributed by atoms with Gasteiger partial charge in [0.1, 0.15) is 6.17 Å². The van der Waals surface area contributed by atoms with Crippen LogP contribution in [-0.2, 0) is 11.0 Å². The molecule has 0 saturated heterocycles. The molecular weight excluding hydrogens is 420 g/mol. The molecule has 1 aromatic carbocycles. The van der Waals surface area contributed by atoms with Crippen molar-refractivity contribution in [3.8, 4) is 0 Å². The van der Waals surface area contributed by atoms with Crippen LogP contribution in [0.1, 0.15) is 52.0 Å². The first-order chi connectivity index (χ1) is 13.8. The molecule has 1 unspecified atom stereocenters. The summed E-state index contributed by atoms with van der Waals surface area (Å²) in [4.78, 5) is 13.9. The van der Waals surface area contributed by atoms with Crippen LogP contribution in [0.3, 0.4) is 0 Å². The summed E-state index contributed by atoms with van der Waals surface area (Å²) in [5.41, 5.74) is 0.288. The first kappa shape index (κ1) is 22.7. The second-order valence-electron chi connectivity index (χ2n) is 9.00. The van der Waals surface area contributed by atoms with Crippen LogP contribution in [0.2, 0.25) is 5.02 Å². The number of nitrogens with one attached hydrogen (secondary N) is 1. The van der Waals surface area contributed by atoms with Crippen LogP contribution in [0.5, 0.6) is 0 Å². The average molecular weight is 445 g/mol. The molecule has 0 fully saturated rings. The lowest BCUT2D eigenvalue weighted by Crippen LogP contribution is -2.27. The molecule has 1 atom stereocenters. The standard InChI is InChI=1S/C22H25ClF4N2O/c1-21(2,3)11-19(30)28-20-17(22(25,26)27)9-16(10-18(20)23)29-7-6-13-4-5-15(24)8-14(13)12-29/h4,9-10,12,15H,5-8,11H2,1-3H3,(H,28,30). The van der Waals surface area contributed by atoms with Crippen LogP contribution in [0.4, 0.5) is 28.9 Å². The Bertz CT molecular complexity index is 900. The summed E-state index contributed by atoms with van der Waals surface area (Å²) in [7, 11) is 0. The number of amides is 1. The first-order valence-corrected chi connectivity index (χ1v) is 10.2. The Kier molecular flexibility index (Phi) is 6.23. The van der Waals surface area contributed by atoms with E-state index in [1.807, 2.05) is 26.8 Å². The number of hydrogen-bond acceptors (Lipinski definition) is 2. The Labute approximate surface area is 178 Å². The number of rotatable bonds is 3. The molecule has 0 saturated carbocycles. The zero-order chi connectivity index (χ0) is 22.3. The minimum atomic E-state index is -4.70. The maximum atomic E-state index is 13.8. The van der Waals surface area contributed by atoms with Gasteiger partial charge < -0.3 is 10.2 Å². The van der Waals surface area contributed by atoms with Gasteiger partial charge in [-0.1, -0.05) is 38.4 Å². The smallest absolute Gasteiger partial charge is 0.347 e. The van der Waals surface area contributed by atoms with Crippen molar-refractivity contribution in [3.05, 3.63) is 46.1 Å². The Balaban J connectivity index is 1.96. The molecule has 1 aromatic rings. The molecule has 8 heteroatoms. The van der Waals surface area contributed by atoms with Crippen LogP contribution in [0.15, 0.2) is 35.6 Å². The van der Waals surface area contributed by atoms with Crippen molar-refractivity contribution >= 4 is 28.9 Å². The summed E-state index contributed by atoms with van der Waals surface area (Å²) < 4.78 is 55.1. The van der Waals surface area contributed by atoms with Gasteiger partial charge in [-0.15, -0.1) is 0 Å². The van der Waals surface area contributed by atoms with Crippen molar-refractivity contribution in [1.29, 1.82) is 0 Å². The van der Waals surface area contributed by atoms with E-state index in [1.54, 1.807) is 11.1 Å². The second-order valence-corrected chi connectivity index (χ2v) is 9.40. The summed E-state index contributed by atoms with van der Waals surface area (Å²) in [5.74, 6) is -0.534. The number of nitrogens with zero attached hydrogens (tertiary/aromatic N) is 1. The van der Waals surface area contributed by atoms with E-state index in [0.717, 1.165) is 17.2 Å². The minimum Gasteiger partial charge on any atom is -0.347 e. The van der Waals surface area contributed by atoms with Gasteiger partial charge in [-0.2, -0.15) is 13.2 Å². The number of anilines is 2. The van der Waals surface area contributed by atoms with E-state index in [2.05, 4.69) is 5.32 Å². The predicted molar refractivity (Wildman–Crippen MR) is 111 cm³/mol. The van der Waals surface area contributed by atoms with E-state index >= 15 is 0 Å². The highest BCUT2D eigenvalue weighted by Crippen LogP contribution is 2.43. The maximum Gasteiger partial charge on any atom is 0.418 e. The molecule has 2 aliphatic rings. The quantitative estimate of drug-likeness (QED) is 0.515. The third-order valence-electron chi connectivity index (χ3n) is 5.07. The van der Waals surface area contributed by atoms with E-state index < -0.39 is 29.5 Å². The zero-order valence-electron chi connectivity index (χ0n) is 17.2. The summed E-state index contributed by atoms with van der Waals surface area (Å²) in [6.45, 7) is 5.93. The van der Waals surface area contributed by atoms with Crippen molar-refractivity contribution in [2.24, 2.45) is 5.41 Å². The Morgan fingerprint density at radius 3 is 2.57 bits per heavy atom. The number of allylic oxidation sites excluding steroid dienone is 2. The summed E-state index contributed by atoms with van der Waals surface area (Å²) in [6.07, 6.45) is -0.809. The highest BCUT2D eigenvalue weighted by molar-refractivity contribution is 6.34. The van der Waals surface area contributed by atoms with Crippen molar-refractivity contribution in [3.63, 3.8) is 0 Å². The normalized spacial score (nSPS) is 19.7. The monoisotopic (exact) mass is 444 g/mol. The SMILES string of the molecule is CC(C)(C)CC(=O)Nc1c(Cl)cc(N2C=C3CC(F)CC=C3CC2)cc1C(F)(F)F. The third kappa shape index (κ3) is 5.36. The van der Waals surface area contributed by atoms with Gasteiger partial charge in [-0.3, -0.25) is 4.79 Å². The van der Waals surface area contributed by atoms with Gasteiger partial charge in [0, 0.05) is 31.3 Å². The Morgan fingerprint density at radius 2 is 1.93 bits per heavy atom. The van der Waals surface area contributed by atoms with Crippen LogP contribution in [-0.4, -0.2) is 18.6 Å². The van der Waals surface area contributed by atoms with Gasteiger partial charge in [0.05, 0.1) is 16.3 Å². The van der Waals surface area contributed by atoms with E-state index in [-0.39, 0.29) is 29.0 Å². The van der Waals surface area contributed by atoms with E-state index in [0.29, 0.717) is 19.4 Å². The lowest BCUT2D eigenvalue weighted by atomic mass is 9.88. The van der Waals surface area contributed by atoms with Gasteiger partial charge in [0.15, 0.2) is 0 Å². The molecule has 1 N–H and O–H groups in total. The Morgan fingerprint density at radius 1 is 1.23 bits per heavy atom. The van der Waals surface area contributed by atoms with Crippen LogP contribution in [0, 0.1) is 5.41 Å². The van der Waals surface area contributed by atoms with Crippen LogP contribution >= 0.6 is 11.6 Å². The molecule has 30 heavy (non-hydrogen) atoms. The third-order valence-corrected chi connectivity index (χ3v) is 5.37. The molecule has 3 nitrogen and oxygen atoms in total. The molecule has 1 amide bonds. The maximum absolute atomic E-state index is 13.8. The molecule has 0 spiro atoms. The fraction of sp³-hybridized carbons (Fsp3) is 0.500. The van der Waals surface area contributed by atoms with E-state index in [4.69, 9.17) is 11.6 Å². The summed E-state index contributed by atoms with van der Waals surface area (Å²) in [5, 5.41) is 2.15. The molecule has 0 radical (unpaired) electrons. The first-order valence-electron chi connectivity index (χ1n) is 9.85. The van der Waals surface area contributed by atoms with Gasteiger partial charge in [-0.05, 0) is 41.5 Å². The largest absolute Gasteiger partial charge is 0.418 e. The molecule has 1 aliphatic heterocycles. The van der Waals surface area contributed by atoms with Crippen molar-refractivity contribution in [1.82, 2.24) is 0 Å². The second kappa shape index (κ2) is 8.25. The number of alkyl halides is 4. The molecule has 0 aromatic heterocycles. The highest BCUT2D eigenvalue weighted by atomic mass is 35.5.